The van der Waals surface area contributed by atoms with Crippen LogP contribution in [0.3, 0.4) is 0 Å². The van der Waals surface area contributed by atoms with Crippen molar-refractivity contribution in [2.75, 3.05) is 0 Å². The van der Waals surface area contributed by atoms with Crippen molar-refractivity contribution >= 4 is 23.8 Å². The van der Waals surface area contributed by atoms with Crippen LogP contribution in [-0.4, -0.2) is 22.6 Å². The van der Waals surface area contributed by atoms with Crippen molar-refractivity contribution in [1.82, 2.24) is 0 Å². The van der Waals surface area contributed by atoms with Crippen LogP contribution in [0.2, 0.25) is 0 Å². The molecule has 0 radical (unpaired) electrons. The van der Waals surface area contributed by atoms with Gasteiger partial charge in [0.15, 0.2) is 0 Å². The lowest BCUT2D eigenvalue weighted by Crippen LogP contribution is -2.11. The van der Waals surface area contributed by atoms with Gasteiger partial charge < -0.3 is 10.2 Å². The summed E-state index contributed by atoms with van der Waals surface area (Å²) in [5.41, 5.74) is -3.07. The van der Waals surface area contributed by atoms with Gasteiger partial charge in [-0.2, -0.15) is 26.3 Å². The fraction of sp³-hybridized carbons (Fsp3) is 0.0714. The number of hydrogen-bond donors (Lipinski definition) is 2. The minimum atomic E-state index is -4.96. The quantitative estimate of drug-likeness (QED) is 0.202. The summed E-state index contributed by atoms with van der Waals surface area (Å²) in [6.45, 7) is 0. The van der Waals surface area contributed by atoms with Crippen LogP contribution in [0.25, 0.3) is 11.1 Å². The molecule has 4 aromatic carbocycles. The van der Waals surface area contributed by atoms with Crippen molar-refractivity contribution < 1.29 is 36.6 Å². The molecule has 0 saturated heterocycles. The Morgan fingerprint density at radius 1 is 0.500 bits per heavy atom. The van der Waals surface area contributed by atoms with E-state index in [0.717, 1.165) is 12.1 Å². The topological polar surface area (TPSA) is 65.2 Å². The molecule has 4 rings (SSSR count). The van der Waals surface area contributed by atoms with E-state index < -0.39 is 34.6 Å². The minimum Gasteiger partial charge on any atom is -0.508 e. The summed E-state index contributed by atoms with van der Waals surface area (Å²) < 4.78 is 83.8. The fourth-order valence-corrected chi connectivity index (χ4v) is 3.58. The Balaban J connectivity index is 1.75. The van der Waals surface area contributed by atoms with Gasteiger partial charge in [0.2, 0.25) is 0 Å². The number of benzene rings is 4. The lowest BCUT2D eigenvalue weighted by Gasteiger charge is -2.18. The Hall–Kier alpha value is -4.60. The first-order valence-corrected chi connectivity index (χ1v) is 11.0. The molecule has 194 valence electrons. The average molecular weight is 528 g/mol. The first kappa shape index (κ1) is 26.5. The Morgan fingerprint density at radius 3 is 1.16 bits per heavy atom. The summed E-state index contributed by atoms with van der Waals surface area (Å²) in [4.78, 5) is 7.99. The van der Waals surface area contributed by atoms with Gasteiger partial charge in [-0.15, -0.1) is 0 Å². The van der Waals surface area contributed by atoms with Gasteiger partial charge in [0.25, 0.3) is 0 Å². The predicted octanol–water partition coefficient (Wildman–Crippen LogP) is 8.30. The van der Waals surface area contributed by atoms with E-state index in [1.54, 1.807) is 0 Å². The molecule has 0 unspecified atom stereocenters. The van der Waals surface area contributed by atoms with Crippen LogP contribution < -0.4 is 0 Å². The third kappa shape index (κ3) is 6.39. The summed E-state index contributed by atoms with van der Waals surface area (Å²) in [6.07, 6.45) is -7.37. The Morgan fingerprint density at radius 2 is 0.842 bits per heavy atom. The third-order valence-electron chi connectivity index (χ3n) is 5.42. The molecule has 0 aromatic heterocycles. The van der Waals surface area contributed by atoms with E-state index >= 15 is 0 Å². The summed E-state index contributed by atoms with van der Waals surface area (Å²) in [5.74, 6) is 0.00628. The molecule has 0 atom stereocenters. The van der Waals surface area contributed by atoms with Crippen molar-refractivity contribution in [1.29, 1.82) is 0 Å². The molecule has 0 heterocycles. The number of hydrogen-bond acceptors (Lipinski definition) is 4. The summed E-state index contributed by atoms with van der Waals surface area (Å²) >= 11 is 0. The van der Waals surface area contributed by atoms with Gasteiger partial charge in [-0.05, 0) is 95.1 Å². The molecule has 0 spiro atoms. The van der Waals surface area contributed by atoms with E-state index in [2.05, 4.69) is 9.98 Å². The van der Waals surface area contributed by atoms with Crippen molar-refractivity contribution in [3.8, 4) is 22.6 Å². The zero-order valence-corrected chi connectivity index (χ0v) is 19.3. The van der Waals surface area contributed by atoms with E-state index in [0.29, 0.717) is 23.3 Å². The molecule has 0 bridgehead atoms. The molecule has 2 N–H and O–H groups in total. The second-order valence-electron chi connectivity index (χ2n) is 8.15. The fourth-order valence-electron chi connectivity index (χ4n) is 3.58. The molecule has 0 aliphatic heterocycles. The van der Waals surface area contributed by atoms with E-state index in [1.807, 2.05) is 0 Å². The van der Waals surface area contributed by atoms with Gasteiger partial charge in [0, 0.05) is 12.4 Å². The van der Waals surface area contributed by atoms with Gasteiger partial charge in [0.05, 0.1) is 22.5 Å². The SMILES string of the molecule is Oc1ccc(C=Nc2ccc(-c3ccc(N=Cc4ccc(O)cc4)cc3C(F)(F)F)c(C(F)(F)F)c2)cc1. The van der Waals surface area contributed by atoms with E-state index in [4.69, 9.17) is 0 Å². The van der Waals surface area contributed by atoms with Gasteiger partial charge in [-0.1, -0.05) is 12.1 Å². The molecule has 0 amide bonds. The number of alkyl halides is 6. The second kappa shape index (κ2) is 10.4. The maximum absolute atomic E-state index is 14.0. The summed E-state index contributed by atoms with van der Waals surface area (Å²) in [7, 11) is 0. The van der Waals surface area contributed by atoms with Gasteiger partial charge in [-0.3, -0.25) is 9.98 Å². The maximum Gasteiger partial charge on any atom is 0.417 e. The lowest BCUT2D eigenvalue weighted by molar-refractivity contribution is -0.139. The number of aliphatic imine (C=N–C) groups is 2. The van der Waals surface area contributed by atoms with Crippen molar-refractivity contribution in [3.63, 3.8) is 0 Å². The zero-order chi connectivity index (χ0) is 27.5. The average Bonchev–Trinajstić information content (AvgIpc) is 2.87. The normalized spacial score (nSPS) is 12.5. The van der Waals surface area contributed by atoms with Crippen LogP contribution in [0.15, 0.2) is 94.9 Å². The minimum absolute atomic E-state index is 0.00314. The van der Waals surface area contributed by atoms with E-state index in [1.165, 1.54) is 73.1 Å². The number of rotatable bonds is 5. The van der Waals surface area contributed by atoms with Crippen molar-refractivity contribution in [2.45, 2.75) is 12.4 Å². The standard InChI is InChI=1S/C28H18F6N2O2/c29-27(30,31)25-13-19(35-15-17-1-7-21(37)8-2-17)5-11-23(25)24-12-6-20(14-26(24)28(32,33)34)36-16-18-3-9-22(38)10-4-18/h1-16,37-38H. The monoisotopic (exact) mass is 528 g/mol. The summed E-state index contributed by atoms with van der Waals surface area (Å²) in [6, 6.07) is 17.2. The van der Waals surface area contributed by atoms with Crippen LogP contribution in [0.5, 0.6) is 11.5 Å². The summed E-state index contributed by atoms with van der Waals surface area (Å²) in [5, 5.41) is 18.7. The lowest BCUT2D eigenvalue weighted by atomic mass is 9.93. The molecule has 0 aliphatic carbocycles. The Bertz CT molecular complexity index is 1380. The van der Waals surface area contributed by atoms with Crippen molar-refractivity contribution in [2.24, 2.45) is 9.98 Å². The predicted molar refractivity (Wildman–Crippen MR) is 133 cm³/mol. The highest BCUT2D eigenvalue weighted by atomic mass is 19.4. The van der Waals surface area contributed by atoms with Gasteiger partial charge in [0.1, 0.15) is 11.5 Å². The first-order chi connectivity index (χ1) is 17.9. The number of halogens is 6. The molecule has 38 heavy (non-hydrogen) atoms. The van der Waals surface area contributed by atoms with Crippen LogP contribution in [-0.2, 0) is 12.4 Å². The Labute approximate surface area is 212 Å². The maximum atomic E-state index is 14.0. The van der Waals surface area contributed by atoms with Crippen LogP contribution in [0.4, 0.5) is 37.7 Å². The highest BCUT2D eigenvalue weighted by Gasteiger charge is 2.38. The van der Waals surface area contributed by atoms with Gasteiger partial charge in [-0.25, -0.2) is 0 Å². The highest BCUT2D eigenvalue weighted by Crippen LogP contribution is 2.44. The molecule has 0 fully saturated rings. The smallest absolute Gasteiger partial charge is 0.417 e. The zero-order valence-electron chi connectivity index (χ0n) is 19.3. The van der Waals surface area contributed by atoms with Crippen LogP contribution in [0, 0.1) is 0 Å². The van der Waals surface area contributed by atoms with Crippen LogP contribution >= 0.6 is 0 Å². The molecular formula is C28H18F6N2O2. The molecular weight excluding hydrogens is 510 g/mol. The Kier molecular flexibility index (Phi) is 7.25. The van der Waals surface area contributed by atoms with E-state index in [-0.39, 0.29) is 22.9 Å². The third-order valence-corrected chi connectivity index (χ3v) is 5.42. The van der Waals surface area contributed by atoms with Crippen molar-refractivity contribution in [3.05, 3.63) is 107 Å². The number of nitrogens with zero attached hydrogens (tertiary/aromatic N) is 2. The highest BCUT2D eigenvalue weighted by molar-refractivity contribution is 5.84. The molecule has 0 saturated carbocycles. The second-order valence-corrected chi connectivity index (χ2v) is 8.15. The number of aromatic hydroxyl groups is 2. The molecule has 0 aliphatic rings. The molecule has 4 aromatic rings. The molecule has 10 heteroatoms. The van der Waals surface area contributed by atoms with E-state index in [9.17, 15) is 36.6 Å². The largest absolute Gasteiger partial charge is 0.508 e. The van der Waals surface area contributed by atoms with Crippen LogP contribution in [0.1, 0.15) is 22.3 Å². The first-order valence-electron chi connectivity index (χ1n) is 11.0. The molecule has 4 nitrogen and oxygen atoms in total. The number of phenolic OH excluding ortho intramolecular Hbond substituents is 2. The van der Waals surface area contributed by atoms with Gasteiger partial charge >= 0.3 is 12.4 Å². The number of phenols is 2.